The van der Waals surface area contributed by atoms with E-state index in [0.717, 1.165) is 24.9 Å². The fourth-order valence-corrected chi connectivity index (χ4v) is 2.53. The first-order valence-corrected chi connectivity index (χ1v) is 6.85. The van der Waals surface area contributed by atoms with Gasteiger partial charge >= 0.3 is 0 Å². The number of nitrogens with zero attached hydrogens (tertiary/aromatic N) is 2. The van der Waals surface area contributed by atoms with Crippen molar-refractivity contribution in [3.05, 3.63) is 0 Å². The minimum atomic E-state index is 0.713. The first-order valence-electron chi connectivity index (χ1n) is 6.85. The van der Waals surface area contributed by atoms with Crippen LogP contribution >= 0.6 is 0 Å². The Bertz CT molecular complexity index is 211. The molecule has 0 atom stereocenters. The van der Waals surface area contributed by atoms with Gasteiger partial charge in [0.15, 0.2) is 0 Å². The highest BCUT2D eigenvalue weighted by atomic mass is 15.2. The molecule has 0 N–H and O–H groups in total. The van der Waals surface area contributed by atoms with Gasteiger partial charge in [0.05, 0.1) is 6.07 Å². The minimum absolute atomic E-state index is 0.713. The van der Waals surface area contributed by atoms with E-state index in [-0.39, 0.29) is 0 Å². The topological polar surface area (TPSA) is 27.0 Å². The highest BCUT2D eigenvalue weighted by Crippen LogP contribution is 2.24. The third-order valence-electron chi connectivity index (χ3n) is 3.57. The maximum absolute atomic E-state index is 8.59. The Morgan fingerprint density at radius 1 is 1.25 bits per heavy atom. The van der Waals surface area contributed by atoms with Crippen molar-refractivity contribution in [3.63, 3.8) is 0 Å². The van der Waals surface area contributed by atoms with E-state index in [0.29, 0.717) is 6.42 Å². The zero-order chi connectivity index (χ0) is 11.8. The Balaban J connectivity index is 2.31. The molecule has 0 saturated heterocycles. The highest BCUT2D eigenvalue weighted by Gasteiger charge is 2.21. The molecule has 0 spiro atoms. The van der Waals surface area contributed by atoms with E-state index >= 15 is 0 Å². The minimum Gasteiger partial charge on any atom is -0.300 e. The zero-order valence-electron chi connectivity index (χ0n) is 10.9. The summed E-state index contributed by atoms with van der Waals surface area (Å²) in [7, 11) is 0. The zero-order valence-corrected chi connectivity index (χ0v) is 10.9. The van der Waals surface area contributed by atoms with Crippen LogP contribution in [0.15, 0.2) is 0 Å². The van der Waals surface area contributed by atoms with Crippen molar-refractivity contribution in [2.24, 2.45) is 5.92 Å². The molecular weight excluding hydrogens is 196 g/mol. The second-order valence-corrected chi connectivity index (χ2v) is 5.42. The van der Waals surface area contributed by atoms with Crippen LogP contribution < -0.4 is 0 Å². The van der Waals surface area contributed by atoms with Gasteiger partial charge in [0.1, 0.15) is 0 Å². The summed E-state index contributed by atoms with van der Waals surface area (Å²) in [6.07, 6.45) is 8.62. The van der Waals surface area contributed by atoms with E-state index in [1.54, 1.807) is 0 Å². The molecule has 0 unspecified atom stereocenters. The summed E-state index contributed by atoms with van der Waals surface area (Å²) in [5.41, 5.74) is 0. The molecule has 2 nitrogen and oxygen atoms in total. The molecule has 2 heteroatoms. The Hall–Kier alpha value is -0.550. The van der Waals surface area contributed by atoms with Crippen LogP contribution in [0.3, 0.4) is 0 Å². The van der Waals surface area contributed by atoms with Crippen molar-refractivity contribution in [1.29, 1.82) is 5.26 Å². The lowest BCUT2D eigenvalue weighted by Gasteiger charge is -2.29. The number of hydrogen-bond donors (Lipinski definition) is 0. The molecule has 1 fully saturated rings. The molecule has 1 aliphatic carbocycles. The lowest BCUT2D eigenvalue weighted by atomic mass is 10.1. The van der Waals surface area contributed by atoms with Gasteiger partial charge in [0.2, 0.25) is 0 Å². The molecule has 16 heavy (non-hydrogen) atoms. The van der Waals surface area contributed by atoms with Crippen LogP contribution in [0, 0.1) is 17.2 Å². The van der Waals surface area contributed by atoms with Crippen molar-refractivity contribution >= 4 is 0 Å². The van der Waals surface area contributed by atoms with Crippen LogP contribution in [0.1, 0.15) is 58.8 Å². The van der Waals surface area contributed by atoms with E-state index < -0.39 is 0 Å². The maximum Gasteiger partial charge on any atom is 0.0622 e. The molecule has 0 amide bonds. The van der Waals surface area contributed by atoms with Crippen LogP contribution in [-0.4, -0.2) is 24.0 Å². The van der Waals surface area contributed by atoms with Crippen LogP contribution in [0.2, 0.25) is 0 Å². The summed E-state index contributed by atoms with van der Waals surface area (Å²) >= 11 is 0. The second kappa shape index (κ2) is 7.68. The molecule has 0 bridgehead atoms. The number of nitriles is 1. The van der Waals surface area contributed by atoms with E-state index in [2.05, 4.69) is 24.8 Å². The Labute approximate surface area is 101 Å². The van der Waals surface area contributed by atoms with Gasteiger partial charge in [-0.25, -0.2) is 0 Å². The quantitative estimate of drug-likeness (QED) is 0.616. The van der Waals surface area contributed by atoms with Gasteiger partial charge < -0.3 is 4.90 Å². The van der Waals surface area contributed by atoms with Gasteiger partial charge in [-0.1, -0.05) is 26.7 Å². The lowest BCUT2D eigenvalue weighted by molar-refractivity contribution is 0.186. The first kappa shape index (κ1) is 13.5. The number of rotatable bonds is 7. The summed E-state index contributed by atoms with van der Waals surface area (Å²) in [5.74, 6) is 0.792. The van der Waals surface area contributed by atoms with E-state index in [9.17, 15) is 0 Å². The average molecular weight is 222 g/mol. The van der Waals surface area contributed by atoms with E-state index in [4.69, 9.17) is 5.26 Å². The second-order valence-electron chi connectivity index (χ2n) is 5.42. The molecule has 0 radical (unpaired) electrons. The summed E-state index contributed by atoms with van der Waals surface area (Å²) < 4.78 is 0. The van der Waals surface area contributed by atoms with E-state index in [1.807, 2.05) is 0 Å². The van der Waals surface area contributed by atoms with Gasteiger partial charge in [-0.3, -0.25) is 0 Å². The molecule has 0 aromatic rings. The summed E-state index contributed by atoms with van der Waals surface area (Å²) in [6, 6.07) is 3.07. The van der Waals surface area contributed by atoms with E-state index in [1.165, 1.54) is 38.6 Å². The normalized spacial score (nSPS) is 17.2. The molecule has 1 rings (SSSR count). The Kier molecular flexibility index (Phi) is 6.49. The fourth-order valence-electron chi connectivity index (χ4n) is 2.53. The van der Waals surface area contributed by atoms with Gasteiger partial charge in [0.25, 0.3) is 0 Å². The molecule has 0 heterocycles. The van der Waals surface area contributed by atoms with Crippen molar-refractivity contribution in [2.75, 3.05) is 13.1 Å². The standard InChI is InChI=1S/C14H26N2/c1-13(2)9-12-16(11-6-5-10-15)14-7-3-4-8-14/h13-14H,3-9,11-12H2,1-2H3. The smallest absolute Gasteiger partial charge is 0.0622 e. The molecule has 0 aromatic carbocycles. The maximum atomic E-state index is 8.59. The highest BCUT2D eigenvalue weighted by molar-refractivity contribution is 4.79. The SMILES string of the molecule is CC(C)CCN(CCCC#N)C1CCCC1. The lowest BCUT2D eigenvalue weighted by Crippen LogP contribution is -2.35. The predicted octanol–water partition coefficient (Wildman–Crippen LogP) is 3.58. The van der Waals surface area contributed by atoms with Gasteiger partial charge in [-0.15, -0.1) is 0 Å². The largest absolute Gasteiger partial charge is 0.300 e. The van der Waals surface area contributed by atoms with Crippen LogP contribution in [-0.2, 0) is 0 Å². The fraction of sp³-hybridized carbons (Fsp3) is 0.929. The third kappa shape index (κ3) is 4.99. The summed E-state index contributed by atoms with van der Waals surface area (Å²) in [6.45, 7) is 6.95. The molecule has 1 saturated carbocycles. The van der Waals surface area contributed by atoms with Crippen molar-refractivity contribution in [1.82, 2.24) is 4.90 Å². The Morgan fingerprint density at radius 2 is 1.94 bits per heavy atom. The Morgan fingerprint density at radius 3 is 2.50 bits per heavy atom. The monoisotopic (exact) mass is 222 g/mol. The van der Waals surface area contributed by atoms with Crippen molar-refractivity contribution < 1.29 is 0 Å². The van der Waals surface area contributed by atoms with Crippen molar-refractivity contribution in [2.45, 2.75) is 64.8 Å². The van der Waals surface area contributed by atoms with Crippen molar-refractivity contribution in [3.8, 4) is 6.07 Å². The molecule has 0 aliphatic heterocycles. The van der Waals surface area contributed by atoms with Crippen LogP contribution in [0.4, 0.5) is 0 Å². The molecule has 92 valence electrons. The summed E-state index contributed by atoms with van der Waals surface area (Å²) in [5, 5.41) is 8.59. The van der Waals surface area contributed by atoms with Gasteiger partial charge in [0, 0.05) is 12.5 Å². The van der Waals surface area contributed by atoms with Gasteiger partial charge in [-0.2, -0.15) is 5.26 Å². The molecular formula is C14H26N2. The molecule has 0 aromatic heterocycles. The van der Waals surface area contributed by atoms with Crippen LogP contribution in [0.25, 0.3) is 0 Å². The predicted molar refractivity (Wildman–Crippen MR) is 68.1 cm³/mol. The number of hydrogen-bond acceptors (Lipinski definition) is 2. The average Bonchev–Trinajstić information content (AvgIpc) is 2.76. The third-order valence-corrected chi connectivity index (χ3v) is 3.57. The molecule has 1 aliphatic rings. The van der Waals surface area contributed by atoms with Gasteiger partial charge in [-0.05, 0) is 44.7 Å². The summed E-state index contributed by atoms with van der Waals surface area (Å²) in [4.78, 5) is 2.64. The van der Waals surface area contributed by atoms with Crippen LogP contribution in [0.5, 0.6) is 0 Å². The number of unbranched alkanes of at least 4 members (excludes halogenated alkanes) is 1. The first-order chi connectivity index (χ1) is 7.74.